The Morgan fingerprint density at radius 3 is 2.75 bits per heavy atom. The number of aliphatic hydroxyl groups is 1. The van der Waals surface area contributed by atoms with Gasteiger partial charge in [0.05, 0.1) is 6.10 Å². The molecule has 1 unspecified atom stereocenters. The number of aliphatic hydroxyl groups excluding tert-OH is 1. The lowest BCUT2D eigenvalue weighted by Crippen LogP contribution is -2.34. The van der Waals surface area contributed by atoms with E-state index in [9.17, 15) is 5.11 Å². The first kappa shape index (κ1) is 12.1. The van der Waals surface area contributed by atoms with Crippen molar-refractivity contribution in [3.05, 3.63) is 22.4 Å². The van der Waals surface area contributed by atoms with Crippen LogP contribution in [0.4, 0.5) is 0 Å². The van der Waals surface area contributed by atoms with Crippen LogP contribution >= 0.6 is 11.3 Å². The van der Waals surface area contributed by atoms with E-state index in [1.54, 1.807) is 11.3 Å². The maximum Gasteiger partial charge on any atom is 0.0596 e. The highest BCUT2D eigenvalue weighted by atomic mass is 32.1. The van der Waals surface area contributed by atoms with E-state index < -0.39 is 0 Å². The van der Waals surface area contributed by atoms with Crippen LogP contribution in [0.3, 0.4) is 0 Å². The molecule has 0 aromatic carbocycles. The fourth-order valence-corrected chi connectivity index (χ4v) is 3.48. The van der Waals surface area contributed by atoms with E-state index in [0.29, 0.717) is 0 Å². The van der Waals surface area contributed by atoms with Gasteiger partial charge in [-0.2, -0.15) is 11.3 Å². The molecule has 2 heteroatoms. The van der Waals surface area contributed by atoms with Gasteiger partial charge in [-0.05, 0) is 53.5 Å². The summed E-state index contributed by atoms with van der Waals surface area (Å²) in [5.41, 5.74) is 1.57. The van der Waals surface area contributed by atoms with Crippen molar-refractivity contribution in [1.82, 2.24) is 0 Å². The van der Waals surface area contributed by atoms with E-state index in [0.717, 1.165) is 12.8 Å². The van der Waals surface area contributed by atoms with Gasteiger partial charge in [0.1, 0.15) is 0 Å². The van der Waals surface area contributed by atoms with Crippen molar-refractivity contribution >= 4 is 11.3 Å². The average Bonchev–Trinajstić information content (AvgIpc) is 2.79. The molecule has 0 amide bonds. The first-order valence-electron chi connectivity index (χ1n) is 6.40. The second-order valence-corrected chi connectivity index (χ2v) is 6.18. The third-order valence-corrected chi connectivity index (χ3v) is 4.82. The normalized spacial score (nSPS) is 21.9. The predicted molar refractivity (Wildman–Crippen MR) is 69.8 cm³/mol. The van der Waals surface area contributed by atoms with Crippen LogP contribution < -0.4 is 0 Å². The van der Waals surface area contributed by atoms with Crippen LogP contribution in [0.25, 0.3) is 0 Å². The van der Waals surface area contributed by atoms with E-state index >= 15 is 0 Å². The van der Waals surface area contributed by atoms with Gasteiger partial charge in [0.2, 0.25) is 0 Å². The zero-order chi connectivity index (χ0) is 11.4. The molecular formula is C14H22OS. The van der Waals surface area contributed by atoms with Gasteiger partial charge >= 0.3 is 0 Å². The maximum atomic E-state index is 10.3. The number of hydrogen-bond acceptors (Lipinski definition) is 2. The Labute approximate surface area is 103 Å². The SMILES string of the molecule is CC1(C(O)CCc2ccsc2)CCCCC1. The topological polar surface area (TPSA) is 20.2 Å². The summed E-state index contributed by atoms with van der Waals surface area (Å²) < 4.78 is 0. The van der Waals surface area contributed by atoms with Gasteiger partial charge in [-0.15, -0.1) is 0 Å². The number of hydrogen-bond donors (Lipinski definition) is 1. The van der Waals surface area contributed by atoms with Crippen molar-refractivity contribution < 1.29 is 5.11 Å². The number of rotatable bonds is 4. The summed E-state index contributed by atoms with van der Waals surface area (Å²) >= 11 is 1.74. The molecule has 1 N–H and O–H groups in total. The lowest BCUT2D eigenvalue weighted by Gasteiger charge is -2.38. The van der Waals surface area contributed by atoms with Gasteiger partial charge in [-0.1, -0.05) is 26.2 Å². The summed E-state index contributed by atoms with van der Waals surface area (Å²) in [4.78, 5) is 0. The van der Waals surface area contributed by atoms with Gasteiger partial charge in [0.15, 0.2) is 0 Å². The molecule has 0 spiro atoms. The van der Waals surface area contributed by atoms with Crippen LogP contribution in [0.5, 0.6) is 0 Å². The largest absolute Gasteiger partial charge is 0.393 e. The molecule has 0 bridgehead atoms. The molecule has 1 aromatic rings. The van der Waals surface area contributed by atoms with Crippen molar-refractivity contribution in [2.45, 2.75) is 58.0 Å². The summed E-state index contributed by atoms with van der Waals surface area (Å²) in [6.45, 7) is 2.27. The molecule has 1 heterocycles. The first-order chi connectivity index (χ1) is 7.71. The van der Waals surface area contributed by atoms with E-state index in [1.165, 1.54) is 37.7 Å². The second-order valence-electron chi connectivity index (χ2n) is 5.40. The first-order valence-corrected chi connectivity index (χ1v) is 7.34. The smallest absolute Gasteiger partial charge is 0.0596 e. The van der Waals surface area contributed by atoms with Crippen LogP contribution in [-0.4, -0.2) is 11.2 Å². The van der Waals surface area contributed by atoms with E-state index in [2.05, 4.69) is 23.8 Å². The molecule has 1 aliphatic carbocycles. The lowest BCUT2D eigenvalue weighted by molar-refractivity contribution is 0.00456. The molecule has 1 nitrogen and oxygen atoms in total. The average molecular weight is 238 g/mol. The van der Waals surface area contributed by atoms with Crippen molar-refractivity contribution in [1.29, 1.82) is 0 Å². The fraction of sp³-hybridized carbons (Fsp3) is 0.714. The van der Waals surface area contributed by atoms with Gasteiger partial charge in [0.25, 0.3) is 0 Å². The number of aryl methyl sites for hydroxylation is 1. The van der Waals surface area contributed by atoms with Gasteiger partial charge in [-0.25, -0.2) is 0 Å². The summed E-state index contributed by atoms with van der Waals surface area (Å²) in [6, 6.07) is 2.17. The highest BCUT2D eigenvalue weighted by Gasteiger charge is 2.33. The quantitative estimate of drug-likeness (QED) is 0.840. The lowest BCUT2D eigenvalue weighted by atomic mass is 9.70. The Morgan fingerprint density at radius 2 is 2.12 bits per heavy atom. The van der Waals surface area contributed by atoms with Crippen LogP contribution in [0.1, 0.15) is 51.0 Å². The minimum atomic E-state index is -0.118. The molecule has 1 saturated carbocycles. The van der Waals surface area contributed by atoms with E-state index in [1.807, 2.05) is 0 Å². The highest BCUT2D eigenvalue weighted by molar-refractivity contribution is 7.07. The molecular weight excluding hydrogens is 216 g/mol. The molecule has 1 fully saturated rings. The second kappa shape index (κ2) is 5.33. The Bertz CT molecular complexity index is 299. The van der Waals surface area contributed by atoms with Gasteiger partial charge < -0.3 is 5.11 Å². The maximum absolute atomic E-state index is 10.3. The van der Waals surface area contributed by atoms with E-state index in [-0.39, 0.29) is 11.5 Å². The number of thiophene rings is 1. The molecule has 2 rings (SSSR count). The third-order valence-electron chi connectivity index (χ3n) is 4.09. The van der Waals surface area contributed by atoms with Crippen LogP contribution in [0.15, 0.2) is 16.8 Å². The molecule has 0 aliphatic heterocycles. The highest BCUT2D eigenvalue weighted by Crippen LogP contribution is 2.40. The predicted octanol–water partition coefficient (Wildman–Crippen LogP) is 4.01. The van der Waals surface area contributed by atoms with E-state index in [4.69, 9.17) is 0 Å². The van der Waals surface area contributed by atoms with Gasteiger partial charge in [0, 0.05) is 0 Å². The van der Waals surface area contributed by atoms with Crippen molar-refractivity contribution in [2.75, 3.05) is 0 Å². The minimum absolute atomic E-state index is 0.118. The summed E-state index contributed by atoms with van der Waals surface area (Å²) in [5, 5.41) is 14.6. The molecule has 16 heavy (non-hydrogen) atoms. The van der Waals surface area contributed by atoms with Crippen molar-refractivity contribution in [3.8, 4) is 0 Å². The van der Waals surface area contributed by atoms with Crippen molar-refractivity contribution in [2.24, 2.45) is 5.41 Å². The standard InChI is InChI=1S/C14H22OS/c1-14(8-3-2-4-9-14)13(15)6-5-12-7-10-16-11-12/h7,10-11,13,15H,2-6,8-9H2,1H3. The fourth-order valence-electron chi connectivity index (χ4n) is 2.78. The van der Waals surface area contributed by atoms with Crippen LogP contribution in [0.2, 0.25) is 0 Å². The third kappa shape index (κ3) is 2.86. The Morgan fingerprint density at radius 1 is 1.38 bits per heavy atom. The molecule has 1 aliphatic rings. The minimum Gasteiger partial charge on any atom is -0.393 e. The van der Waals surface area contributed by atoms with Crippen LogP contribution in [-0.2, 0) is 6.42 Å². The summed E-state index contributed by atoms with van der Waals surface area (Å²) in [6.07, 6.45) is 8.20. The van der Waals surface area contributed by atoms with Gasteiger partial charge in [-0.3, -0.25) is 0 Å². The van der Waals surface area contributed by atoms with Crippen LogP contribution in [0, 0.1) is 5.41 Å². The molecule has 1 atom stereocenters. The summed E-state index contributed by atoms with van der Waals surface area (Å²) in [7, 11) is 0. The Balaban J connectivity index is 1.84. The molecule has 0 saturated heterocycles. The molecule has 1 aromatic heterocycles. The Kier molecular flexibility index (Phi) is 4.04. The van der Waals surface area contributed by atoms with Crippen molar-refractivity contribution in [3.63, 3.8) is 0 Å². The molecule has 0 radical (unpaired) electrons. The summed E-state index contributed by atoms with van der Waals surface area (Å²) in [5.74, 6) is 0. The monoisotopic (exact) mass is 238 g/mol. The Hall–Kier alpha value is -0.340. The molecule has 90 valence electrons. The zero-order valence-corrected chi connectivity index (χ0v) is 10.9. The zero-order valence-electron chi connectivity index (χ0n) is 10.1.